The van der Waals surface area contributed by atoms with Gasteiger partial charge < -0.3 is 9.47 Å². The predicted octanol–water partition coefficient (Wildman–Crippen LogP) is 6.24. The lowest BCUT2D eigenvalue weighted by Gasteiger charge is -2.23. The van der Waals surface area contributed by atoms with Crippen LogP contribution in [0.1, 0.15) is 36.0 Å². The number of Topliss-reactive ketones (excluding diaryl/α,β-unsaturated/α-hetero) is 1. The van der Waals surface area contributed by atoms with Gasteiger partial charge in [-0.2, -0.15) is 26.3 Å². The van der Waals surface area contributed by atoms with Crippen LogP contribution in [0.5, 0.6) is 11.5 Å². The first-order valence-corrected chi connectivity index (χ1v) is 13.8. The molecule has 214 valence electrons. The average Bonchev–Trinajstić information content (AvgIpc) is 3.42. The summed E-state index contributed by atoms with van der Waals surface area (Å²) in [6.45, 7) is -2.80. The standard InChI is InChI=1S/C28H26F5NO5S/c29-27(30)39-22-11-13-24(14-12-22)40(36,37)34-16-2-5-25(34)26(35)15-8-19-3-1-4-23(17-19)38-18-20-6-9-21(10-7-20)28(31,32)33/h1,3-4,6-7,9-14,17,25,27H,2,5,8,15-16,18H2/t25-/m0/s1. The number of ketones is 1. The lowest BCUT2D eigenvalue weighted by atomic mass is 10.0. The number of aryl methyl sites for hydroxylation is 1. The number of rotatable bonds is 11. The van der Waals surface area contributed by atoms with Gasteiger partial charge in [0, 0.05) is 13.0 Å². The first-order valence-electron chi connectivity index (χ1n) is 12.4. The van der Waals surface area contributed by atoms with Crippen molar-refractivity contribution in [2.45, 2.75) is 56.0 Å². The largest absolute Gasteiger partial charge is 0.489 e. The molecule has 6 nitrogen and oxygen atoms in total. The van der Waals surface area contributed by atoms with E-state index in [1.807, 2.05) is 0 Å². The van der Waals surface area contributed by atoms with Crippen molar-refractivity contribution in [3.8, 4) is 11.5 Å². The van der Waals surface area contributed by atoms with E-state index >= 15 is 0 Å². The highest BCUT2D eigenvalue weighted by Gasteiger charge is 2.39. The van der Waals surface area contributed by atoms with Crippen molar-refractivity contribution in [1.29, 1.82) is 0 Å². The maximum Gasteiger partial charge on any atom is 0.416 e. The van der Waals surface area contributed by atoms with Crippen molar-refractivity contribution in [2.75, 3.05) is 6.54 Å². The van der Waals surface area contributed by atoms with Crippen LogP contribution in [0.15, 0.2) is 77.7 Å². The highest BCUT2D eigenvalue weighted by atomic mass is 32.2. The van der Waals surface area contributed by atoms with Crippen molar-refractivity contribution in [3.05, 3.63) is 89.5 Å². The molecule has 0 unspecified atom stereocenters. The highest BCUT2D eigenvalue weighted by Crippen LogP contribution is 2.30. The van der Waals surface area contributed by atoms with E-state index in [4.69, 9.17) is 4.74 Å². The first-order chi connectivity index (χ1) is 18.9. The summed E-state index contributed by atoms with van der Waals surface area (Å²) in [5.41, 5.74) is 0.599. The number of nitrogens with zero attached hydrogens (tertiary/aromatic N) is 1. The number of carbonyl (C=O) groups excluding carboxylic acids is 1. The highest BCUT2D eigenvalue weighted by molar-refractivity contribution is 7.89. The molecule has 1 saturated heterocycles. The van der Waals surface area contributed by atoms with Crippen LogP contribution >= 0.6 is 0 Å². The summed E-state index contributed by atoms with van der Waals surface area (Å²) in [5, 5.41) is 0. The molecule has 1 atom stereocenters. The van der Waals surface area contributed by atoms with Crippen LogP contribution in [-0.2, 0) is 34.0 Å². The summed E-state index contributed by atoms with van der Waals surface area (Å²) in [6.07, 6.45) is -3.11. The maximum atomic E-state index is 13.2. The molecule has 0 saturated carbocycles. The van der Waals surface area contributed by atoms with Crippen molar-refractivity contribution in [2.24, 2.45) is 0 Å². The fraction of sp³-hybridized carbons (Fsp3) is 0.321. The van der Waals surface area contributed by atoms with Crippen LogP contribution in [0, 0.1) is 0 Å². The van der Waals surface area contributed by atoms with E-state index in [-0.39, 0.29) is 36.0 Å². The number of alkyl halides is 5. The summed E-state index contributed by atoms with van der Waals surface area (Å²) in [4.78, 5) is 12.9. The Morgan fingerprint density at radius 2 is 1.65 bits per heavy atom. The molecule has 0 spiro atoms. The third kappa shape index (κ3) is 7.36. The molecule has 1 aliphatic rings. The van der Waals surface area contributed by atoms with Crippen molar-refractivity contribution >= 4 is 15.8 Å². The van der Waals surface area contributed by atoms with E-state index in [2.05, 4.69) is 4.74 Å². The molecule has 40 heavy (non-hydrogen) atoms. The van der Waals surface area contributed by atoms with Gasteiger partial charge in [-0.1, -0.05) is 24.3 Å². The van der Waals surface area contributed by atoms with Gasteiger partial charge in [0.1, 0.15) is 18.1 Å². The third-order valence-electron chi connectivity index (χ3n) is 6.48. The van der Waals surface area contributed by atoms with Crippen molar-refractivity contribution < 1.29 is 44.6 Å². The molecule has 3 aromatic rings. The molecule has 0 aromatic heterocycles. The predicted molar refractivity (Wildman–Crippen MR) is 136 cm³/mol. The number of hydrogen-bond donors (Lipinski definition) is 0. The molecule has 12 heteroatoms. The molecular weight excluding hydrogens is 557 g/mol. The number of ether oxygens (including phenoxy) is 2. The summed E-state index contributed by atoms with van der Waals surface area (Å²) in [5.74, 6) is 0.0672. The maximum absolute atomic E-state index is 13.2. The third-order valence-corrected chi connectivity index (χ3v) is 8.40. The molecular formula is C28H26F5NO5S. The lowest BCUT2D eigenvalue weighted by molar-refractivity contribution is -0.137. The number of hydrogen-bond acceptors (Lipinski definition) is 5. The summed E-state index contributed by atoms with van der Waals surface area (Å²) < 4.78 is 100. The van der Waals surface area contributed by atoms with E-state index in [1.54, 1.807) is 24.3 Å². The summed E-state index contributed by atoms with van der Waals surface area (Å²) in [6, 6.07) is 15.4. The minimum atomic E-state index is -4.41. The molecule has 0 amide bonds. The fourth-order valence-corrected chi connectivity index (χ4v) is 6.14. The second-order valence-electron chi connectivity index (χ2n) is 9.22. The average molecular weight is 584 g/mol. The van der Waals surface area contributed by atoms with Gasteiger partial charge in [0.15, 0.2) is 5.78 Å². The zero-order valence-corrected chi connectivity index (χ0v) is 21.9. The van der Waals surface area contributed by atoms with Crippen LogP contribution in [-0.4, -0.2) is 37.7 Å². The van der Waals surface area contributed by atoms with Gasteiger partial charge in [-0.3, -0.25) is 4.79 Å². The molecule has 0 radical (unpaired) electrons. The Morgan fingerprint density at radius 1 is 0.950 bits per heavy atom. The quantitative estimate of drug-likeness (QED) is 0.250. The Labute approximate surface area is 228 Å². The Bertz CT molecular complexity index is 1410. The molecule has 1 heterocycles. The number of sulfonamides is 1. The normalized spacial score (nSPS) is 16.3. The van der Waals surface area contributed by atoms with E-state index < -0.39 is 34.4 Å². The summed E-state index contributed by atoms with van der Waals surface area (Å²) in [7, 11) is -4.03. The van der Waals surface area contributed by atoms with Crippen molar-refractivity contribution in [3.63, 3.8) is 0 Å². The molecule has 1 aliphatic heterocycles. The van der Waals surface area contributed by atoms with Crippen LogP contribution in [0.25, 0.3) is 0 Å². The molecule has 3 aromatic carbocycles. The molecule has 0 bridgehead atoms. The van der Waals surface area contributed by atoms with Gasteiger partial charge >= 0.3 is 12.8 Å². The fourth-order valence-electron chi connectivity index (χ4n) is 4.46. The minimum Gasteiger partial charge on any atom is -0.489 e. The van der Waals surface area contributed by atoms with Crippen molar-refractivity contribution in [1.82, 2.24) is 4.31 Å². The van der Waals surface area contributed by atoms with Crippen LogP contribution in [0.4, 0.5) is 22.0 Å². The minimum absolute atomic E-state index is 0.0602. The van der Waals surface area contributed by atoms with Gasteiger partial charge in [0.2, 0.25) is 10.0 Å². The first kappa shape index (κ1) is 29.5. The zero-order chi connectivity index (χ0) is 28.9. The Kier molecular flexibility index (Phi) is 9.09. The van der Waals surface area contributed by atoms with Crippen LogP contribution in [0.2, 0.25) is 0 Å². The van der Waals surface area contributed by atoms with Crippen LogP contribution in [0.3, 0.4) is 0 Å². The summed E-state index contributed by atoms with van der Waals surface area (Å²) >= 11 is 0. The SMILES string of the molecule is O=C(CCc1cccc(OCc2ccc(C(F)(F)F)cc2)c1)[C@@H]1CCCN1S(=O)(=O)c1ccc(OC(F)F)cc1. The zero-order valence-electron chi connectivity index (χ0n) is 21.1. The molecule has 1 fully saturated rings. The van der Waals surface area contributed by atoms with Gasteiger partial charge in [0.25, 0.3) is 0 Å². The Balaban J connectivity index is 1.34. The monoisotopic (exact) mass is 583 g/mol. The number of carbonyl (C=O) groups is 1. The second-order valence-corrected chi connectivity index (χ2v) is 11.1. The van der Waals surface area contributed by atoms with E-state index in [0.717, 1.165) is 34.1 Å². The Morgan fingerprint density at radius 3 is 2.30 bits per heavy atom. The Hall–Kier alpha value is -3.51. The van der Waals surface area contributed by atoms with E-state index in [1.165, 1.54) is 24.3 Å². The molecule has 0 aliphatic carbocycles. The van der Waals surface area contributed by atoms with E-state index in [9.17, 15) is 35.2 Å². The molecule has 4 rings (SSSR count). The van der Waals surface area contributed by atoms with E-state index in [0.29, 0.717) is 30.6 Å². The van der Waals surface area contributed by atoms with Gasteiger partial charge in [-0.15, -0.1) is 0 Å². The van der Waals surface area contributed by atoms with Gasteiger partial charge in [0.05, 0.1) is 16.5 Å². The smallest absolute Gasteiger partial charge is 0.416 e. The lowest BCUT2D eigenvalue weighted by Crippen LogP contribution is -2.40. The molecule has 0 N–H and O–H groups in total. The topological polar surface area (TPSA) is 72.9 Å². The van der Waals surface area contributed by atoms with Crippen LogP contribution < -0.4 is 9.47 Å². The van der Waals surface area contributed by atoms with Gasteiger partial charge in [-0.05, 0) is 78.9 Å². The second kappa shape index (κ2) is 12.3. The van der Waals surface area contributed by atoms with Gasteiger partial charge in [-0.25, -0.2) is 8.42 Å². The number of benzene rings is 3. The number of halogens is 5.